The molecule has 0 radical (unpaired) electrons. The molecule has 13 heteroatoms. The van der Waals surface area contributed by atoms with E-state index in [1.165, 1.54) is 36.6 Å². The van der Waals surface area contributed by atoms with E-state index in [4.69, 9.17) is 0 Å². The number of hydrogen-bond donors (Lipinski definition) is 2. The number of aliphatic hydroxyl groups is 1. The van der Waals surface area contributed by atoms with Crippen LogP contribution in [0, 0.1) is 5.82 Å². The summed E-state index contributed by atoms with van der Waals surface area (Å²) in [5.41, 5.74) is -3.10. The van der Waals surface area contributed by atoms with Crippen molar-refractivity contribution in [2.75, 3.05) is 11.5 Å². The van der Waals surface area contributed by atoms with Gasteiger partial charge in [0.25, 0.3) is 5.91 Å². The van der Waals surface area contributed by atoms with Gasteiger partial charge in [-0.05, 0) is 58.0 Å². The molecule has 1 saturated heterocycles. The molecular weight excluding hydrogens is 515 g/mol. The molecule has 1 amide bonds. The number of hydrogen-bond acceptors (Lipinski definition) is 6. The summed E-state index contributed by atoms with van der Waals surface area (Å²) >= 11 is 0. The maximum Gasteiger partial charge on any atom is 0.387 e. The highest BCUT2D eigenvalue weighted by molar-refractivity contribution is 7.93. The number of aromatic nitrogens is 2. The van der Waals surface area contributed by atoms with Crippen molar-refractivity contribution in [2.45, 2.75) is 51.5 Å². The number of amides is 1. The summed E-state index contributed by atoms with van der Waals surface area (Å²) in [4.78, 5) is 26.5. The Morgan fingerprint density at radius 3 is 2.38 bits per heavy atom. The fourth-order valence-corrected chi connectivity index (χ4v) is 6.47. The second-order valence-electron chi connectivity index (χ2n) is 10.1. The number of sulfone groups is 1. The van der Waals surface area contributed by atoms with Crippen LogP contribution in [0.15, 0.2) is 41.2 Å². The minimum absolute atomic E-state index is 0.0992. The number of carbonyl (C=O) groups is 1. The first kappa shape index (κ1) is 26.7. The molecule has 9 nitrogen and oxygen atoms in total. The number of benzene rings is 2. The van der Waals surface area contributed by atoms with Gasteiger partial charge in [0, 0.05) is 11.6 Å². The molecule has 2 N–H and O–H groups in total. The number of carbonyl (C=O) groups excluding carboxylic acids is 1. The van der Waals surface area contributed by atoms with Crippen LogP contribution in [0.3, 0.4) is 0 Å². The molecule has 37 heavy (non-hydrogen) atoms. The smallest absolute Gasteiger partial charge is 0.387 e. The zero-order valence-corrected chi connectivity index (χ0v) is 21.3. The summed E-state index contributed by atoms with van der Waals surface area (Å²) in [6.07, 6.45) is 0. The SMILES string of the molecule is CC(n1c(=O)n(-c2cc(OC(F)F)ccc2F)c2ccc(C(=O)NC3(C)CS(=O)(=O)C3)cc21)C(C)(C)O. The fraction of sp³-hybridized carbons (Fsp3) is 0.417. The lowest BCUT2D eigenvalue weighted by Gasteiger charge is -2.38. The zero-order valence-electron chi connectivity index (χ0n) is 20.5. The van der Waals surface area contributed by atoms with Crippen LogP contribution < -0.4 is 15.7 Å². The van der Waals surface area contributed by atoms with Crippen LogP contribution in [-0.4, -0.2) is 57.8 Å². The van der Waals surface area contributed by atoms with Gasteiger partial charge in [-0.15, -0.1) is 0 Å². The van der Waals surface area contributed by atoms with Crippen LogP contribution in [0.25, 0.3) is 16.7 Å². The van der Waals surface area contributed by atoms with Gasteiger partial charge < -0.3 is 15.2 Å². The first-order chi connectivity index (χ1) is 17.0. The van der Waals surface area contributed by atoms with E-state index >= 15 is 0 Å². The van der Waals surface area contributed by atoms with Crippen molar-refractivity contribution < 1.29 is 36.2 Å². The van der Waals surface area contributed by atoms with Gasteiger partial charge in [0.2, 0.25) is 0 Å². The third-order valence-corrected chi connectivity index (χ3v) is 8.57. The van der Waals surface area contributed by atoms with Gasteiger partial charge in [0.1, 0.15) is 11.6 Å². The van der Waals surface area contributed by atoms with Gasteiger partial charge >= 0.3 is 12.3 Å². The molecule has 1 aromatic heterocycles. The number of nitrogens with zero attached hydrogens (tertiary/aromatic N) is 2. The molecule has 0 saturated carbocycles. The number of fused-ring (bicyclic) bond motifs is 1. The second-order valence-corrected chi connectivity index (χ2v) is 12.1. The first-order valence-corrected chi connectivity index (χ1v) is 13.1. The van der Waals surface area contributed by atoms with E-state index in [1.54, 1.807) is 13.8 Å². The molecule has 200 valence electrons. The highest BCUT2D eigenvalue weighted by atomic mass is 32.2. The molecule has 2 aromatic carbocycles. The molecular formula is C24H26F3N3O6S. The lowest BCUT2D eigenvalue weighted by atomic mass is 10.0. The molecule has 4 rings (SSSR count). The van der Waals surface area contributed by atoms with Gasteiger partial charge in [-0.3, -0.25) is 13.9 Å². The highest BCUT2D eigenvalue weighted by Crippen LogP contribution is 2.30. The van der Waals surface area contributed by atoms with Crippen LogP contribution in [0.5, 0.6) is 5.75 Å². The molecule has 2 heterocycles. The van der Waals surface area contributed by atoms with Gasteiger partial charge in [0.05, 0.1) is 45.4 Å². The van der Waals surface area contributed by atoms with E-state index in [-0.39, 0.29) is 39.5 Å². The number of alkyl halides is 2. The largest absolute Gasteiger partial charge is 0.435 e. The Labute approximate surface area is 210 Å². The van der Waals surface area contributed by atoms with Crippen LogP contribution in [-0.2, 0) is 9.84 Å². The predicted octanol–water partition coefficient (Wildman–Crippen LogP) is 2.78. The predicted molar refractivity (Wildman–Crippen MR) is 130 cm³/mol. The number of imidazole rings is 1. The van der Waals surface area contributed by atoms with Gasteiger partial charge in [0.15, 0.2) is 9.84 Å². The average Bonchev–Trinajstić information content (AvgIpc) is 3.02. The fourth-order valence-electron chi connectivity index (χ4n) is 4.47. The number of halogens is 3. The Morgan fingerprint density at radius 1 is 1.16 bits per heavy atom. The Hall–Kier alpha value is -3.32. The molecule has 0 bridgehead atoms. The molecule has 0 spiro atoms. The van der Waals surface area contributed by atoms with Gasteiger partial charge in [-0.2, -0.15) is 8.78 Å². The Kier molecular flexibility index (Phi) is 6.44. The molecule has 3 aromatic rings. The average molecular weight is 542 g/mol. The molecule has 1 aliphatic rings. The van der Waals surface area contributed by atoms with E-state index in [0.717, 1.165) is 22.8 Å². The van der Waals surface area contributed by atoms with Crippen LogP contribution in [0.1, 0.15) is 44.1 Å². The number of rotatable bonds is 7. The quantitative estimate of drug-likeness (QED) is 0.475. The lowest BCUT2D eigenvalue weighted by molar-refractivity contribution is -0.0498. The number of nitrogens with one attached hydrogen (secondary N) is 1. The van der Waals surface area contributed by atoms with Gasteiger partial charge in [-0.25, -0.2) is 17.6 Å². The zero-order chi connectivity index (χ0) is 27.5. The Balaban J connectivity index is 1.88. The van der Waals surface area contributed by atoms with Crippen molar-refractivity contribution in [1.82, 2.24) is 14.5 Å². The first-order valence-electron chi connectivity index (χ1n) is 11.3. The standard InChI is InChI=1S/C24H26F3N3O6S/c1-13(23(2,3)33)29-19-9-14(20(31)28-24(4)11-37(34,35)12-24)5-8-17(19)30(22(29)32)18-10-15(36-21(26)27)6-7-16(18)25/h5-10,13,21,33H,11-12H2,1-4H3,(H,28,31). The minimum atomic E-state index is -3.22. The van der Waals surface area contributed by atoms with E-state index in [2.05, 4.69) is 10.1 Å². The molecule has 1 unspecified atom stereocenters. The van der Waals surface area contributed by atoms with Gasteiger partial charge in [-0.1, -0.05) is 0 Å². The van der Waals surface area contributed by atoms with Crippen molar-refractivity contribution in [3.63, 3.8) is 0 Å². The van der Waals surface area contributed by atoms with Crippen LogP contribution in [0.4, 0.5) is 13.2 Å². The Morgan fingerprint density at radius 2 is 1.81 bits per heavy atom. The van der Waals surface area contributed by atoms with E-state index in [1.807, 2.05) is 0 Å². The minimum Gasteiger partial charge on any atom is -0.435 e. The maximum absolute atomic E-state index is 14.9. The topological polar surface area (TPSA) is 120 Å². The summed E-state index contributed by atoms with van der Waals surface area (Å²) in [6, 6.07) is 6.12. The summed E-state index contributed by atoms with van der Waals surface area (Å²) in [5.74, 6) is -2.25. The van der Waals surface area contributed by atoms with Crippen LogP contribution >= 0.6 is 0 Å². The number of ether oxygens (including phenoxy) is 1. The van der Waals surface area contributed by atoms with Crippen molar-refractivity contribution in [3.05, 3.63) is 58.3 Å². The summed E-state index contributed by atoms with van der Waals surface area (Å²) in [5, 5.41) is 13.3. The van der Waals surface area contributed by atoms with Crippen LogP contribution in [0.2, 0.25) is 0 Å². The molecule has 1 atom stereocenters. The molecule has 0 aliphatic carbocycles. The monoisotopic (exact) mass is 541 g/mol. The third kappa shape index (κ3) is 5.10. The summed E-state index contributed by atoms with van der Waals surface area (Å²) in [6.45, 7) is 2.94. The molecule has 1 fully saturated rings. The second kappa shape index (κ2) is 8.91. The van der Waals surface area contributed by atoms with E-state index < -0.39 is 51.0 Å². The van der Waals surface area contributed by atoms with E-state index in [9.17, 15) is 36.3 Å². The Bertz CT molecular complexity index is 1540. The third-order valence-electron chi connectivity index (χ3n) is 6.42. The van der Waals surface area contributed by atoms with Crippen molar-refractivity contribution in [3.8, 4) is 11.4 Å². The summed E-state index contributed by atoms with van der Waals surface area (Å²) < 4.78 is 70.1. The van der Waals surface area contributed by atoms with E-state index in [0.29, 0.717) is 0 Å². The van der Waals surface area contributed by atoms with Crippen molar-refractivity contribution >= 4 is 26.8 Å². The normalized spacial score (nSPS) is 17.4. The highest BCUT2D eigenvalue weighted by Gasteiger charge is 2.45. The van der Waals surface area contributed by atoms with Crippen molar-refractivity contribution in [1.29, 1.82) is 0 Å². The summed E-state index contributed by atoms with van der Waals surface area (Å²) in [7, 11) is -3.22. The maximum atomic E-state index is 14.9. The lowest BCUT2D eigenvalue weighted by Crippen LogP contribution is -2.63. The molecule has 1 aliphatic heterocycles. The van der Waals surface area contributed by atoms with Crippen molar-refractivity contribution in [2.24, 2.45) is 0 Å².